The van der Waals surface area contributed by atoms with E-state index in [-0.39, 0.29) is 11.8 Å². The first-order valence-corrected chi connectivity index (χ1v) is 6.89. The summed E-state index contributed by atoms with van der Waals surface area (Å²) in [6.45, 7) is 1.97. The number of anilines is 1. The zero-order valence-corrected chi connectivity index (χ0v) is 11.7. The van der Waals surface area contributed by atoms with Crippen molar-refractivity contribution in [2.45, 2.75) is 19.4 Å². The fourth-order valence-corrected chi connectivity index (χ4v) is 2.69. The molecular weight excluding hydrogens is 252 g/mol. The van der Waals surface area contributed by atoms with Crippen molar-refractivity contribution in [2.75, 3.05) is 25.0 Å². The van der Waals surface area contributed by atoms with Crippen molar-refractivity contribution in [3.05, 3.63) is 29.3 Å². The highest BCUT2D eigenvalue weighted by Gasteiger charge is 2.26. The third-order valence-electron chi connectivity index (χ3n) is 3.80. The van der Waals surface area contributed by atoms with E-state index in [0.29, 0.717) is 18.7 Å². The van der Waals surface area contributed by atoms with Gasteiger partial charge in [0.2, 0.25) is 5.91 Å². The van der Waals surface area contributed by atoms with Crippen LogP contribution in [0.2, 0.25) is 0 Å². The number of hydrogen-bond acceptors (Lipinski definition) is 4. The third kappa shape index (κ3) is 2.91. The number of carbonyl (C=O) groups excluding carboxylic acids is 1. The van der Waals surface area contributed by atoms with Crippen LogP contribution in [0.1, 0.15) is 24.0 Å². The molecule has 20 heavy (non-hydrogen) atoms. The lowest BCUT2D eigenvalue weighted by atomic mass is 9.96. The quantitative estimate of drug-likeness (QED) is 0.859. The topological polar surface area (TPSA) is 82.2 Å². The number of piperidine rings is 1. The summed E-state index contributed by atoms with van der Waals surface area (Å²) in [6, 6.07) is 7.94. The first-order chi connectivity index (χ1) is 9.69. The summed E-state index contributed by atoms with van der Waals surface area (Å²) in [5, 5.41) is 12.0. The fraction of sp³-hybridized carbons (Fsp3) is 0.467. The molecule has 1 saturated heterocycles. The van der Waals surface area contributed by atoms with Crippen LogP contribution >= 0.6 is 0 Å². The van der Waals surface area contributed by atoms with Crippen LogP contribution in [0.25, 0.3) is 0 Å². The third-order valence-corrected chi connectivity index (χ3v) is 3.80. The minimum absolute atomic E-state index is 0.00511. The molecule has 0 bridgehead atoms. The van der Waals surface area contributed by atoms with E-state index in [9.17, 15) is 10.1 Å². The van der Waals surface area contributed by atoms with Gasteiger partial charge in [-0.05, 0) is 30.5 Å². The van der Waals surface area contributed by atoms with Gasteiger partial charge >= 0.3 is 0 Å². The van der Waals surface area contributed by atoms with E-state index in [1.165, 1.54) is 0 Å². The Bertz CT molecular complexity index is 535. The highest BCUT2D eigenvalue weighted by molar-refractivity contribution is 5.79. The molecule has 1 atom stereocenters. The molecule has 2 rings (SSSR count). The first-order valence-electron chi connectivity index (χ1n) is 6.89. The van der Waals surface area contributed by atoms with Gasteiger partial charge in [0.25, 0.3) is 0 Å². The van der Waals surface area contributed by atoms with Crippen LogP contribution in [0.15, 0.2) is 18.2 Å². The van der Waals surface area contributed by atoms with Crippen LogP contribution in [0.3, 0.4) is 0 Å². The molecule has 1 aliphatic heterocycles. The predicted octanol–water partition coefficient (Wildman–Crippen LogP) is 0.979. The second-order valence-corrected chi connectivity index (χ2v) is 5.07. The van der Waals surface area contributed by atoms with Gasteiger partial charge in [-0.1, -0.05) is 6.07 Å². The van der Waals surface area contributed by atoms with Crippen molar-refractivity contribution >= 4 is 11.6 Å². The summed E-state index contributed by atoms with van der Waals surface area (Å²) in [7, 11) is 1.66. The summed E-state index contributed by atoms with van der Waals surface area (Å²) >= 11 is 0. The normalized spacial score (nSPS) is 18.4. The van der Waals surface area contributed by atoms with Crippen molar-refractivity contribution in [3.8, 4) is 6.07 Å². The molecule has 0 aliphatic carbocycles. The molecule has 106 valence electrons. The maximum atomic E-state index is 11.8. The largest absolute Gasteiger partial charge is 0.370 e. The Kier molecular flexibility index (Phi) is 4.59. The lowest BCUT2D eigenvalue weighted by molar-refractivity contribution is -0.124. The van der Waals surface area contributed by atoms with Gasteiger partial charge in [-0.15, -0.1) is 0 Å². The van der Waals surface area contributed by atoms with Gasteiger partial charge in [-0.25, -0.2) is 0 Å². The zero-order chi connectivity index (χ0) is 14.5. The van der Waals surface area contributed by atoms with Gasteiger partial charge in [-0.3, -0.25) is 4.79 Å². The lowest BCUT2D eigenvalue weighted by Gasteiger charge is -2.34. The molecule has 5 heteroatoms. The van der Waals surface area contributed by atoms with E-state index >= 15 is 0 Å². The summed E-state index contributed by atoms with van der Waals surface area (Å²) < 4.78 is 0. The number of rotatable bonds is 3. The Labute approximate surface area is 119 Å². The second-order valence-electron chi connectivity index (χ2n) is 5.07. The van der Waals surface area contributed by atoms with E-state index in [2.05, 4.69) is 16.3 Å². The van der Waals surface area contributed by atoms with Gasteiger partial charge < -0.3 is 16.0 Å². The number of nitriles is 1. The van der Waals surface area contributed by atoms with Crippen molar-refractivity contribution in [1.82, 2.24) is 5.32 Å². The minimum atomic E-state index is -0.00511. The number of carbonyl (C=O) groups is 1. The molecule has 1 fully saturated rings. The average Bonchev–Trinajstić information content (AvgIpc) is 2.53. The van der Waals surface area contributed by atoms with E-state index < -0.39 is 0 Å². The number of nitrogens with one attached hydrogen (secondary N) is 1. The monoisotopic (exact) mass is 272 g/mol. The van der Waals surface area contributed by atoms with Crippen LogP contribution in [0, 0.1) is 17.2 Å². The molecule has 3 N–H and O–H groups in total. The highest BCUT2D eigenvalue weighted by Crippen LogP contribution is 2.27. The van der Waals surface area contributed by atoms with Crippen LogP contribution in [-0.4, -0.2) is 26.0 Å². The first kappa shape index (κ1) is 14.4. The van der Waals surface area contributed by atoms with Gasteiger partial charge in [0.15, 0.2) is 0 Å². The molecule has 1 unspecified atom stereocenters. The summed E-state index contributed by atoms with van der Waals surface area (Å²) in [5.41, 5.74) is 8.09. The molecule has 1 aromatic rings. The SMILES string of the molecule is CNC(=O)C1CCCN(c2ccc(CN)cc2C#N)C1. The van der Waals surface area contributed by atoms with Gasteiger partial charge in [-0.2, -0.15) is 5.26 Å². The van der Waals surface area contributed by atoms with Crippen LogP contribution in [0.5, 0.6) is 0 Å². The Hall–Kier alpha value is -2.06. The molecule has 0 aromatic heterocycles. The molecule has 1 aromatic carbocycles. The van der Waals surface area contributed by atoms with Crippen molar-refractivity contribution in [1.29, 1.82) is 5.26 Å². The Morgan fingerprint density at radius 2 is 2.40 bits per heavy atom. The minimum Gasteiger partial charge on any atom is -0.370 e. The Morgan fingerprint density at radius 3 is 3.05 bits per heavy atom. The van der Waals surface area contributed by atoms with E-state index in [4.69, 9.17) is 5.73 Å². The van der Waals surface area contributed by atoms with Crippen LogP contribution < -0.4 is 16.0 Å². The van der Waals surface area contributed by atoms with E-state index in [1.807, 2.05) is 18.2 Å². The smallest absolute Gasteiger partial charge is 0.224 e. The fourth-order valence-electron chi connectivity index (χ4n) is 2.69. The molecule has 0 saturated carbocycles. The van der Waals surface area contributed by atoms with Gasteiger partial charge in [0.05, 0.1) is 17.2 Å². The molecular formula is C15H20N4O. The maximum Gasteiger partial charge on any atom is 0.224 e. The number of amides is 1. The molecule has 0 spiro atoms. The molecule has 1 heterocycles. The molecule has 1 aliphatic rings. The highest BCUT2D eigenvalue weighted by atomic mass is 16.1. The van der Waals surface area contributed by atoms with Crippen molar-refractivity contribution < 1.29 is 4.79 Å². The maximum absolute atomic E-state index is 11.8. The number of benzene rings is 1. The van der Waals surface area contributed by atoms with Crippen LogP contribution in [0.4, 0.5) is 5.69 Å². The standard InChI is InChI=1S/C15H20N4O/c1-18-15(20)12-3-2-6-19(10-12)14-5-4-11(8-16)7-13(14)9-17/h4-5,7,12H,2-3,6,8,10,16H2,1H3,(H,18,20). The number of nitrogens with zero attached hydrogens (tertiary/aromatic N) is 2. The Morgan fingerprint density at radius 1 is 1.60 bits per heavy atom. The summed E-state index contributed by atoms with van der Waals surface area (Å²) in [4.78, 5) is 13.9. The predicted molar refractivity (Wildman–Crippen MR) is 78.1 cm³/mol. The van der Waals surface area contributed by atoms with Crippen LogP contribution in [-0.2, 0) is 11.3 Å². The summed E-state index contributed by atoms with van der Waals surface area (Å²) in [5.74, 6) is 0.0706. The van der Waals surface area contributed by atoms with E-state index in [0.717, 1.165) is 30.6 Å². The number of hydrogen-bond donors (Lipinski definition) is 2. The lowest BCUT2D eigenvalue weighted by Crippen LogP contribution is -2.42. The Balaban J connectivity index is 2.23. The zero-order valence-electron chi connectivity index (χ0n) is 11.7. The average molecular weight is 272 g/mol. The van der Waals surface area contributed by atoms with Gasteiger partial charge in [0, 0.05) is 26.7 Å². The van der Waals surface area contributed by atoms with Crippen molar-refractivity contribution in [3.63, 3.8) is 0 Å². The second kappa shape index (κ2) is 6.40. The number of nitrogens with two attached hydrogens (primary N) is 1. The molecule has 5 nitrogen and oxygen atoms in total. The van der Waals surface area contributed by atoms with E-state index in [1.54, 1.807) is 7.05 Å². The van der Waals surface area contributed by atoms with Crippen molar-refractivity contribution in [2.24, 2.45) is 11.7 Å². The van der Waals surface area contributed by atoms with Gasteiger partial charge in [0.1, 0.15) is 6.07 Å². The summed E-state index contributed by atoms with van der Waals surface area (Å²) in [6.07, 6.45) is 1.86. The molecule has 0 radical (unpaired) electrons. The molecule has 1 amide bonds.